The van der Waals surface area contributed by atoms with Gasteiger partial charge in [0.2, 0.25) is 10.0 Å². The van der Waals surface area contributed by atoms with Gasteiger partial charge in [0.15, 0.2) is 5.69 Å². The van der Waals surface area contributed by atoms with E-state index in [1.165, 1.54) is 28.9 Å². The minimum absolute atomic E-state index is 0.333. The molecule has 0 amide bonds. The number of hydrogen-bond acceptors (Lipinski definition) is 3. The topological polar surface area (TPSA) is 64.0 Å². The molecule has 0 saturated carbocycles. The first-order valence-electron chi connectivity index (χ1n) is 5.78. The molecule has 0 aliphatic rings. The van der Waals surface area contributed by atoms with Crippen molar-refractivity contribution in [1.82, 2.24) is 9.78 Å². The van der Waals surface area contributed by atoms with Gasteiger partial charge >= 0.3 is 6.18 Å². The fourth-order valence-electron chi connectivity index (χ4n) is 1.76. The Kier molecular flexibility index (Phi) is 4.06. The number of sulfonamides is 1. The molecule has 2 aromatic rings. The van der Waals surface area contributed by atoms with E-state index >= 15 is 0 Å². The van der Waals surface area contributed by atoms with Crippen molar-refractivity contribution in [2.24, 2.45) is 0 Å². The summed E-state index contributed by atoms with van der Waals surface area (Å²) in [5, 5.41) is 3.54. The Labute approximate surface area is 127 Å². The summed E-state index contributed by atoms with van der Waals surface area (Å²) in [5.74, 6) is 0. The number of halogens is 3. The number of rotatable bonds is 3. The average Bonchev–Trinajstić information content (AvgIpc) is 2.70. The molecule has 0 unspecified atom stereocenters. The molecule has 0 radical (unpaired) electrons. The lowest BCUT2D eigenvalue weighted by molar-refractivity contribution is -0.141. The van der Waals surface area contributed by atoms with Crippen molar-refractivity contribution in [3.8, 4) is 5.69 Å². The first-order valence-corrected chi connectivity index (χ1v) is 8.67. The van der Waals surface area contributed by atoms with Gasteiger partial charge in [0.25, 0.3) is 16.3 Å². The molecule has 1 N–H and O–H groups in total. The standard InChI is InChI=1S/C11H9F3N3O2S.Al.2H/c1-20(18,19)16-8-2-4-9(5-3-8)17-7-6-10(15-17)11(12,13)14;;;/h2-6,16H,1H3;;;. The SMILES string of the molecule is CS(=O)(=O)Nc1ccc(-n2nc(C(F)(F)F)c[c]2[AlH2])cc1. The predicted molar refractivity (Wildman–Crippen MR) is 75.2 cm³/mol. The minimum Gasteiger partial charge on any atom is -0.284 e. The molecular formula is C11H11AlF3N3O2S. The van der Waals surface area contributed by atoms with Gasteiger partial charge in [-0.1, -0.05) is 0 Å². The zero-order chi connectivity index (χ0) is 15.8. The van der Waals surface area contributed by atoms with E-state index in [2.05, 4.69) is 9.82 Å². The summed E-state index contributed by atoms with van der Waals surface area (Å²) in [5.41, 5.74) is -0.167. The van der Waals surface area contributed by atoms with E-state index in [0.29, 0.717) is 32.2 Å². The number of nitrogens with one attached hydrogen (secondary N) is 1. The molecule has 10 heteroatoms. The average molecular weight is 333 g/mol. The summed E-state index contributed by atoms with van der Waals surface area (Å²) in [6.07, 6.45) is -3.47. The maximum atomic E-state index is 12.6. The second kappa shape index (κ2) is 5.37. The molecular weight excluding hydrogens is 322 g/mol. The molecule has 21 heavy (non-hydrogen) atoms. The van der Waals surface area contributed by atoms with Crippen LogP contribution in [0.25, 0.3) is 5.69 Å². The van der Waals surface area contributed by atoms with E-state index in [1.807, 2.05) is 0 Å². The van der Waals surface area contributed by atoms with Crippen molar-refractivity contribution in [2.75, 3.05) is 11.0 Å². The van der Waals surface area contributed by atoms with Gasteiger partial charge in [-0.15, -0.1) is 0 Å². The Balaban J connectivity index is 2.33. The number of nitrogens with zero attached hydrogens (tertiary/aromatic N) is 2. The normalized spacial score (nSPS) is 12.4. The van der Waals surface area contributed by atoms with Gasteiger partial charge in [-0.25, -0.2) is 8.42 Å². The van der Waals surface area contributed by atoms with Gasteiger partial charge in [-0.05, 0) is 34.9 Å². The molecule has 0 atom stereocenters. The van der Waals surface area contributed by atoms with Gasteiger partial charge in [-0.3, -0.25) is 9.40 Å². The number of benzene rings is 1. The monoisotopic (exact) mass is 333 g/mol. The first-order chi connectivity index (χ1) is 9.56. The Bertz CT molecular complexity index is 754. The molecule has 0 aliphatic heterocycles. The van der Waals surface area contributed by atoms with E-state index in [9.17, 15) is 21.6 Å². The highest BCUT2D eigenvalue weighted by Crippen LogP contribution is 2.27. The van der Waals surface area contributed by atoms with E-state index in [4.69, 9.17) is 0 Å². The lowest BCUT2D eigenvalue weighted by Gasteiger charge is -2.08. The van der Waals surface area contributed by atoms with Gasteiger partial charge in [0.1, 0.15) is 0 Å². The van der Waals surface area contributed by atoms with Gasteiger partial charge < -0.3 is 0 Å². The molecule has 1 aromatic carbocycles. The zero-order valence-electron chi connectivity index (χ0n) is 11.1. The summed E-state index contributed by atoms with van der Waals surface area (Å²) >= 11 is 0.395. The van der Waals surface area contributed by atoms with Crippen LogP contribution in [0.2, 0.25) is 0 Å². The van der Waals surface area contributed by atoms with Crippen molar-refractivity contribution in [3.05, 3.63) is 36.0 Å². The van der Waals surface area contributed by atoms with Crippen LogP contribution in [0.15, 0.2) is 30.3 Å². The van der Waals surface area contributed by atoms with E-state index < -0.39 is 21.9 Å². The van der Waals surface area contributed by atoms with Gasteiger partial charge in [-0.2, -0.15) is 18.3 Å². The van der Waals surface area contributed by atoms with Crippen molar-refractivity contribution in [3.63, 3.8) is 0 Å². The lowest BCUT2D eigenvalue weighted by Crippen LogP contribution is -2.16. The van der Waals surface area contributed by atoms with E-state index in [0.717, 1.165) is 12.3 Å². The molecule has 1 heterocycles. The van der Waals surface area contributed by atoms with Crippen LogP contribution in [0.1, 0.15) is 5.69 Å². The van der Waals surface area contributed by atoms with Gasteiger partial charge in [0.05, 0.1) is 11.9 Å². The quantitative estimate of drug-likeness (QED) is 0.833. The van der Waals surface area contributed by atoms with E-state index in [1.54, 1.807) is 0 Å². The van der Waals surface area contributed by atoms with Crippen molar-refractivity contribution in [1.29, 1.82) is 0 Å². The van der Waals surface area contributed by atoms with Crippen LogP contribution in [0.3, 0.4) is 0 Å². The van der Waals surface area contributed by atoms with Crippen LogP contribution < -0.4 is 9.28 Å². The highest BCUT2D eigenvalue weighted by Gasteiger charge is 2.34. The Morgan fingerprint density at radius 1 is 1.24 bits per heavy atom. The van der Waals surface area contributed by atoms with Crippen molar-refractivity contribution >= 4 is 36.6 Å². The Morgan fingerprint density at radius 3 is 2.24 bits per heavy atom. The highest BCUT2D eigenvalue weighted by atomic mass is 32.2. The number of aromatic nitrogens is 2. The Morgan fingerprint density at radius 2 is 1.81 bits per heavy atom. The molecule has 0 bridgehead atoms. The Hall–Kier alpha value is -1.50. The summed E-state index contributed by atoms with van der Waals surface area (Å²) in [7, 11) is -3.39. The van der Waals surface area contributed by atoms with Crippen LogP contribution in [0.4, 0.5) is 18.9 Å². The lowest BCUT2D eigenvalue weighted by atomic mass is 10.3. The fourth-order valence-corrected chi connectivity index (χ4v) is 2.95. The van der Waals surface area contributed by atoms with Crippen LogP contribution in [-0.2, 0) is 16.2 Å². The summed E-state index contributed by atoms with van der Waals surface area (Å²) in [4.78, 5) is 0. The summed E-state index contributed by atoms with van der Waals surface area (Å²) < 4.78 is 63.9. The maximum Gasteiger partial charge on any atom is 0.435 e. The van der Waals surface area contributed by atoms with Gasteiger partial charge in [0, 0.05) is 5.69 Å². The van der Waals surface area contributed by atoms with Crippen LogP contribution in [-0.4, -0.2) is 40.7 Å². The molecule has 0 saturated heterocycles. The summed E-state index contributed by atoms with van der Waals surface area (Å²) in [6, 6.07) is 6.94. The number of anilines is 1. The third kappa shape index (κ3) is 4.00. The smallest absolute Gasteiger partial charge is 0.284 e. The molecule has 1 aromatic heterocycles. The maximum absolute atomic E-state index is 12.6. The fraction of sp³-hybridized carbons (Fsp3) is 0.182. The van der Waals surface area contributed by atoms with Crippen LogP contribution in [0, 0.1) is 0 Å². The van der Waals surface area contributed by atoms with E-state index in [-0.39, 0.29) is 0 Å². The van der Waals surface area contributed by atoms with Crippen molar-refractivity contribution < 1.29 is 21.6 Å². The van der Waals surface area contributed by atoms with Crippen LogP contribution >= 0.6 is 0 Å². The largest absolute Gasteiger partial charge is 0.435 e. The molecule has 112 valence electrons. The number of alkyl halides is 3. The second-order valence-corrected chi connectivity index (χ2v) is 7.27. The second-order valence-electron chi connectivity index (χ2n) is 4.50. The number of hydrogen-bond donors (Lipinski definition) is 1. The molecule has 0 aliphatic carbocycles. The molecule has 0 fully saturated rings. The zero-order valence-corrected chi connectivity index (χ0v) is 14.0. The van der Waals surface area contributed by atoms with Crippen LogP contribution in [0.5, 0.6) is 0 Å². The predicted octanol–water partition coefficient (Wildman–Crippen LogP) is 0.521. The molecule has 0 spiro atoms. The van der Waals surface area contributed by atoms with Crippen molar-refractivity contribution in [2.45, 2.75) is 6.18 Å². The first kappa shape index (κ1) is 15.9. The minimum atomic E-state index is -4.48. The molecule has 2 rings (SSSR count). The third-order valence-corrected chi connectivity index (χ3v) is 3.91. The molecule has 5 nitrogen and oxygen atoms in total. The summed E-state index contributed by atoms with van der Waals surface area (Å²) in [6.45, 7) is 0. The highest BCUT2D eigenvalue weighted by molar-refractivity contribution is 7.92. The third-order valence-electron chi connectivity index (χ3n) is 2.59.